The number of aromatic nitrogens is 2. The summed E-state index contributed by atoms with van der Waals surface area (Å²) >= 11 is 0. The van der Waals surface area contributed by atoms with Gasteiger partial charge in [0.1, 0.15) is 0 Å². The summed E-state index contributed by atoms with van der Waals surface area (Å²) in [7, 11) is 0. The number of carbonyl (C=O) groups excluding carboxylic acids is 1. The lowest BCUT2D eigenvalue weighted by atomic mass is 9.86. The second-order valence-electron chi connectivity index (χ2n) is 7.63. The van der Waals surface area contributed by atoms with Crippen molar-refractivity contribution in [1.29, 1.82) is 0 Å². The molecule has 1 fully saturated rings. The van der Waals surface area contributed by atoms with Crippen LogP contribution in [-0.2, 0) is 26.2 Å². The molecule has 0 radical (unpaired) electrons. The lowest BCUT2D eigenvalue weighted by Crippen LogP contribution is -2.53. The molecule has 1 aromatic rings. The van der Waals surface area contributed by atoms with Crippen molar-refractivity contribution in [3.63, 3.8) is 0 Å². The van der Waals surface area contributed by atoms with E-state index in [2.05, 4.69) is 15.5 Å². The minimum absolute atomic E-state index is 0.0826. The van der Waals surface area contributed by atoms with E-state index in [-0.39, 0.29) is 24.2 Å². The quantitative estimate of drug-likeness (QED) is 0.768. The molecule has 140 valence electrons. The van der Waals surface area contributed by atoms with Gasteiger partial charge < -0.3 is 19.7 Å². The van der Waals surface area contributed by atoms with Crippen molar-refractivity contribution in [2.45, 2.75) is 70.3 Å². The number of aliphatic carboxylic acids is 1. The first-order chi connectivity index (χ1) is 11.7. The van der Waals surface area contributed by atoms with Gasteiger partial charge in [0.15, 0.2) is 5.82 Å². The molecule has 2 rings (SSSR count). The Morgan fingerprint density at radius 1 is 1.28 bits per heavy atom. The van der Waals surface area contributed by atoms with E-state index in [9.17, 15) is 9.59 Å². The minimum atomic E-state index is -0.914. The second-order valence-corrected chi connectivity index (χ2v) is 7.63. The summed E-state index contributed by atoms with van der Waals surface area (Å²) in [5.41, 5.74) is -0.879. The Bertz CT molecular complexity index is 600. The molecule has 1 saturated heterocycles. The molecular formula is C17H27N3O5. The van der Waals surface area contributed by atoms with Gasteiger partial charge in [-0.3, -0.25) is 9.59 Å². The average molecular weight is 353 g/mol. The fourth-order valence-electron chi connectivity index (χ4n) is 2.82. The van der Waals surface area contributed by atoms with E-state index in [1.54, 1.807) is 0 Å². The van der Waals surface area contributed by atoms with Gasteiger partial charge in [-0.2, -0.15) is 4.98 Å². The van der Waals surface area contributed by atoms with Crippen LogP contribution < -0.4 is 5.32 Å². The van der Waals surface area contributed by atoms with Crippen molar-refractivity contribution in [3.8, 4) is 0 Å². The number of carbonyl (C=O) groups is 2. The lowest BCUT2D eigenvalue weighted by Gasteiger charge is -2.36. The summed E-state index contributed by atoms with van der Waals surface area (Å²) in [6, 6.07) is 0. The van der Waals surface area contributed by atoms with E-state index >= 15 is 0 Å². The number of carboxylic acids is 1. The maximum atomic E-state index is 12.2. The van der Waals surface area contributed by atoms with E-state index in [0.717, 1.165) is 0 Å². The van der Waals surface area contributed by atoms with Crippen LogP contribution in [-0.4, -0.2) is 45.9 Å². The highest BCUT2D eigenvalue weighted by Crippen LogP contribution is 2.25. The van der Waals surface area contributed by atoms with Crippen molar-refractivity contribution in [2.24, 2.45) is 0 Å². The van der Waals surface area contributed by atoms with Gasteiger partial charge in [0.2, 0.25) is 11.8 Å². The molecule has 8 nitrogen and oxygen atoms in total. The van der Waals surface area contributed by atoms with Crippen LogP contribution in [0.15, 0.2) is 4.52 Å². The van der Waals surface area contributed by atoms with E-state index in [4.69, 9.17) is 14.4 Å². The third-order valence-corrected chi connectivity index (χ3v) is 4.28. The molecule has 1 aliphatic rings. The zero-order valence-electron chi connectivity index (χ0n) is 15.1. The summed E-state index contributed by atoms with van der Waals surface area (Å²) in [4.78, 5) is 27.7. The van der Waals surface area contributed by atoms with Crippen LogP contribution in [0.25, 0.3) is 0 Å². The van der Waals surface area contributed by atoms with E-state index in [1.807, 2.05) is 20.8 Å². The molecule has 0 spiro atoms. The summed E-state index contributed by atoms with van der Waals surface area (Å²) in [5.74, 6) is 0.0973. The largest absolute Gasteiger partial charge is 0.481 e. The molecular weight excluding hydrogens is 326 g/mol. The first-order valence-corrected chi connectivity index (χ1v) is 8.64. The predicted molar refractivity (Wildman–Crippen MR) is 89.1 cm³/mol. The molecule has 0 aliphatic carbocycles. The standard InChI is InChI=1S/C17H27N3O5/c1-16(2,3)15-18-13(25-20-15)6-4-5-12(21)19-17(11-14(22)23)7-9-24-10-8-17/h4-11H2,1-3H3,(H,19,21)(H,22,23). The Hall–Kier alpha value is -1.96. The first kappa shape index (κ1) is 19.4. The van der Waals surface area contributed by atoms with Gasteiger partial charge in [0.25, 0.3) is 0 Å². The molecule has 0 unspecified atom stereocenters. The number of nitrogens with one attached hydrogen (secondary N) is 1. The topological polar surface area (TPSA) is 115 Å². The minimum Gasteiger partial charge on any atom is -0.481 e. The van der Waals surface area contributed by atoms with Gasteiger partial charge >= 0.3 is 5.97 Å². The number of amides is 1. The smallest absolute Gasteiger partial charge is 0.305 e. The van der Waals surface area contributed by atoms with E-state index in [0.29, 0.717) is 50.6 Å². The summed E-state index contributed by atoms with van der Waals surface area (Å²) in [5, 5.41) is 16.0. The SMILES string of the molecule is CC(C)(C)c1noc(CCCC(=O)NC2(CC(=O)O)CCOCC2)n1. The van der Waals surface area contributed by atoms with Gasteiger partial charge in [0, 0.05) is 31.5 Å². The van der Waals surface area contributed by atoms with Crippen LogP contribution in [0.1, 0.15) is 64.6 Å². The van der Waals surface area contributed by atoms with Crippen LogP contribution in [0.4, 0.5) is 0 Å². The average Bonchev–Trinajstić information content (AvgIpc) is 2.96. The van der Waals surface area contributed by atoms with Crippen LogP contribution >= 0.6 is 0 Å². The molecule has 1 aromatic heterocycles. The van der Waals surface area contributed by atoms with Crippen molar-refractivity contribution >= 4 is 11.9 Å². The molecule has 1 aliphatic heterocycles. The van der Waals surface area contributed by atoms with Gasteiger partial charge in [0.05, 0.1) is 12.0 Å². The molecule has 2 heterocycles. The molecule has 0 bridgehead atoms. The van der Waals surface area contributed by atoms with Crippen molar-refractivity contribution < 1.29 is 24.0 Å². The van der Waals surface area contributed by atoms with Crippen LogP contribution in [0.5, 0.6) is 0 Å². The molecule has 25 heavy (non-hydrogen) atoms. The zero-order chi connectivity index (χ0) is 18.5. The highest BCUT2D eigenvalue weighted by atomic mass is 16.5. The number of ether oxygens (including phenoxy) is 1. The Kier molecular flexibility index (Phi) is 6.16. The maximum Gasteiger partial charge on any atom is 0.305 e. The molecule has 0 aromatic carbocycles. The van der Waals surface area contributed by atoms with Crippen LogP contribution in [0, 0.1) is 0 Å². The molecule has 8 heteroatoms. The molecule has 0 atom stereocenters. The van der Waals surface area contributed by atoms with Gasteiger partial charge in [-0.1, -0.05) is 25.9 Å². The number of carboxylic acid groups (broad SMARTS) is 1. The summed E-state index contributed by atoms with van der Waals surface area (Å²) in [6.45, 7) is 6.94. The Labute approximate surface area is 147 Å². The first-order valence-electron chi connectivity index (χ1n) is 8.64. The number of hydrogen-bond donors (Lipinski definition) is 2. The number of aryl methyl sites for hydroxylation is 1. The monoisotopic (exact) mass is 353 g/mol. The highest BCUT2D eigenvalue weighted by Gasteiger charge is 2.36. The van der Waals surface area contributed by atoms with Crippen LogP contribution in [0.2, 0.25) is 0 Å². The Morgan fingerprint density at radius 3 is 2.52 bits per heavy atom. The van der Waals surface area contributed by atoms with Gasteiger partial charge in [-0.05, 0) is 19.3 Å². The zero-order valence-corrected chi connectivity index (χ0v) is 15.1. The third-order valence-electron chi connectivity index (χ3n) is 4.28. The van der Waals surface area contributed by atoms with E-state index < -0.39 is 11.5 Å². The third kappa shape index (κ3) is 5.81. The summed E-state index contributed by atoms with van der Waals surface area (Å²) < 4.78 is 10.5. The Balaban J connectivity index is 1.83. The van der Waals surface area contributed by atoms with E-state index in [1.165, 1.54) is 0 Å². The fourth-order valence-corrected chi connectivity index (χ4v) is 2.82. The number of nitrogens with zero attached hydrogens (tertiary/aromatic N) is 2. The number of rotatable bonds is 7. The predicted octanol–water partition coefficient (Wildman–Crippen LogP) is 1.83. The van der Waals surface area contributed by atoms with Crippen molar-refractivity contribution in [3.05, 3.63) is 11.7 Å². The maximum absolute atomic E-state index is 12.2. The fraction of sp³-hybridized carbons (Fsp3) is 0.765. The summed E-state index contributed by atoms with van der Waals surface area (Å²) in [6.07, 6.45) is 2.33. The number of hydrogen-bond acceptors (Lipinski definition) is 6. The van der Waals surface area contributed by atoms with Crippen molar-refractivity contribution in [1.82, 2.24) is 15.5 Å². The Morgan fingerprint density at radius 2 is 1.96 bits per heavy atom. The lowest BCUT2D eigenvalue weighted by molar-refractivity contribution is -0.140. The highest BCUT2D eigenvalue weighted by molar-refractivity contribution is 5.78. The second kappa shape index (κ2) is 7.95. The molecule has 1 amide bonds. The molecule has 0 saturated carbocycles. The van der Waals surface area contributed by atoms with Gasteiger partial charge in [-0.25, -0.2) is 0 Å². The molecule has 2 N–H and O–H groups in total. The van der Waals surface area contributed by atoms with Gasteiger partial charge in [-0.15, -0.1) is 0 Å². The van der Waals surface area contributed by atoms with Crippen LogP contribution in [0.3, 0.4) is 0 Å². The normalized spacial score (nSPS) is 17.2. The van der Waals surface area contributed by atoms with Crippen molar-refractivity contribution in [2.75, 3.05) is 13.2 Å².